The minimum absolute atomic E-state index is 0.0337. The second-order valence-corrected chi connectivity index (χ2v) is 7.50. The predicted molar refractivity (Wildman–Crippen MR) is 84.6 cm³/mol. The fourth-order valence-electron chi connectivity index (χ4n) is 2.91. The van der Waals surface area contributed by atoms with Crippen LogP contribution in [-0.2, 0) is 16.4 Å². The summed E-state index contributed by atoms with van der Waals surface area (Å²) in [6.07, 6.45) is 6.60. The fraction of sp³-hybridized carbons (Fsp3) is 0.562. The Bertz CT molecular complexity index is 632. The van der Waals surface area contributed by atoms with Crippen molar-refractivity contribution in [1.29, 1.82) is 0 Å². The zero-order valence-electron chi connectivity index (χ0n) is 12.8. The van der Waals surface area contributed by atoms with Crippen molar-refractivity contribution >= 4 is 16.0 Å². The minimum atomic E-state index is -3.67. The number of rotatable bonds is 5. The molecule has 1 aromatic carbocycles. The second kappa shape index (κ2) is 7.24. The summed E-state index contributed by atoms with van der Waals surface area (Å²) in [7, 11) is -3.67. The standard InChI is InChI=1S/C16H23NO4S/c1-2-12-9-10-14(11-15(12)16(18)19)22(20,21)17-13-7-5-3-4-6-8-13/h9-11,13,17H,2-8H2,1H3,(H,18,19). The van der Waals surface area contributed by atoms with Gasteiger partial charge in [-0.1, -0.05) is 38.7 Å². The van der Waals surface area contributed by atoms with Gasteiger partial charge in [-0.2, -0.15) is 0 Å². The molecule has 1 aliphatic rings. The number of benzene rings is 1. The van der Waals surface area contributed by atoms with Crippen molar-refractivity contribution in [2.45, 2.75) is 62.8 Å². The van der Waals surface area contributed by atoms with Crippen LogP contribution in [0.1, 0.15) is 61.4 Å². The zero-order chi connectivity index (χ0) is 16.2. The summed E-state index contributed by atoms with van der Waals surface area (Å²) in [6, 6.07) is 4.29. The largest absolute Gasteiger partial charge is 0.478 e. The van der Waals surface area contributed by atoms with Crippen LogP contribution in [0.2, 0.25) is 0 Å². The molecule has 1 aliphatic carbocycles. The molecule has 5 nitrogen and oxygen atoms in total. The number of carboxylic acid groups (broad SMARTS) is 1. The Balaban J connectivity index is 2.25. The first-order valence-electron chi connectivity index (χ1n) is 7.82. The Morgan fingerprint density at radius 1 is 1.23 bits per heavy atom. The third kappa shape index (κ3) is 4.08. The summed E-state index contributed by atoms with van der Waals surface area (Å²) in [6.45, 7) is 1.85. The number of hydrogen-bond acceptors (Lipinski definition) is 3. The molecule has 0 saturated heterocycles. The molecular formula is C16H23NO4S. The summed E-state index contributed by atoms with van der Waals surface area (Å²) >= 11 is 0. The van der Waals surface area contributed by atoms with Crippen LogP contribution in [0, 0.1) is 0 Å². The van der Waals surface area contributed by atoms with E-state index in [1.807, 2.05) is 6.92 Å². The number of sulfonamides is 1. The lowest BCUT2D eigenvalue weighted by Crippen LogP contribution is -2.34. The van der Waals surface area contributed by atoms with E-state index in [-0.39, 0.29) is 16.5 Å². The predicted octanol–water partition coefficient (Wildman–Crippen LogP) is 2.95. The Morgan fingerprint density at radius 2 is 1.86 bits per heavy atom. The van der Waals surface area contributed by atoms with Gasteiger partial charge in [0.25, 0.3) is 0 Å². The van der Waals surface area contributed by atoms with Crippen LogP contribution in [0.4, 0.5) is 0 Å². The first-order valence-corrected chi connectivity index (χ1v) is 9.31. The molecule has 22 heavy (non-hydrogen) atoms. The van der Waals surface area contributed by atoms with E-state index in [1.165, 1.54) is 12.1 Å². The normalized spacial score (nSPS) is 17.1. The van der Waals surface area contributed by atoms with Crippen molar-refractivity contribution in [3.8, 4) is 0 Å². The van der Waals surface area contributed by atoms with Crippen molar-refractivity contribution in [1.82, 2.24) is 4.72 Å². The quantitative estimate of drug-likeness (QED) is 0.815. The lowest BCUT2D eigenvalue weighted by molar-refractivity contribution is 0.0695. The van der Waals surface area contributed by atoms with Gasteiger partial charge in [0.15, 0.2) is 0 Å². The van der Waals surface area contributed by atoms with Crippen molar-refractivity contribution in [3.63, 3.8) is 0 Å². The summed E-state index contributed by atoms with van der Waals surface area (Å²) < 4.78 is 27.7. The third-order valence-electron chi connectivity index (χ3n) is 4.18. The van der Waals surface area contributed by atoms with Gasteiger partial charge in [0, 0.05) is 6.04 Å². The van der Waals surface area contributed by atoms with Gasteiger partial charge < -0.3 is 5.11 Å². The highest BCUT2D eigenvalue weighted by atomic mass is 32.2. The maximum Gasteiger partial charge on any atom is 0.336 e. The van der Waals surface area contributed by atoms with Gasteiger partial charge in [0.2, 0.25) is 10.0 Å². The molecule has 0 spiro atoms. The smallest absolute Gasteiger partial charge is 0.336 e. The van der Waals surface area contributed by atoms with Crippen LogP contribution in [0.5, 0.6) is 0 Å². The highest BCUT2D eigenvalue weighted by Gasteiger charge is 2.23. The van der Waals surface area contributed by atoms with Gasteiger partial charge in [0.1, 0.15) is 0 Å². The highest BCUT2D eigenvalue weighted by Crippen LogP contribution is 2.21. The monoisotopic (exact) mass is 325 g/mol. The fourth-order valence-corrected chi connectivity index (χ4v) is 4.25. The zero-order valence-corrected chi connectivity index (χ0v) is 13.7. The number of aryl methyl sites for hydroxylation is 1. The van der Waals surface area contributed by atoms with Gasteiger partial charge in [0.05, 0.1) is 10.5 Å². The van der Waals surface area contributed by atoms with Crippen LogP contribution in [-0.4, -0.2) is 25.5 Å². The Hall–Kier alpha value is -1.40. The summed E-state index contributed by atoms with van der Waals surface area (Å²) in [5, 5.41) is 9.23. The Morgan fingerprint density at radius 3 is 2.41 bits per heavy atom. The van der Waals surface area contributed by atoms with E-state index in [9.17, 15) is 18.3 Å². The molecule has 0 unspecified atom stereocenters. The topological polar surface area (TPSA) is 83.5 Å². The van der Waals surface area contributed by atoms with Gasteiger partial charge in [-0.25, -0.2) is 17.9 Å². The van der Waals surface area contributed by atoms with Crippen LogP contribution < -0.4 is 4.72 Å². The van der Waals surface area contributed by atoms with Crippen molar-refractivity contribution in [2.24, 2.45) is 0 Å². The molecule has 0 aliphatic heterocycles. The van der Waals surface area contributed by atoms with Gasteiger partial charge in [-0.05, 0) is 37.0 Å². The third-order valence-corrected chi connectivity index (χ3v) is 5.70. The second-order valence-electron chi connectivity index (χ2n) is 5.79. The molecule has 0 radical (unpaired) electrons. The van der Waals surface area contributed by atoms with E-state index in [0.717, 1.165) is 38.5 Å². The average molecular weight is 325 g/mol. The van der Waals surface area contributed by atoms with Crippen molar-refractivity contribution in [3.05, 3.63) is 29.3 Å². The lowest BCUT2D eigenvalue weighted by Gasteiger charge is -2.17. The molecule has 0 amide bonds. The number of aromatic carboxylic acids is 1. The number of nitrogens with one attached hydrogen (secondary N) is 1. The molecule has 0 bridgehead atoms. The summed E-state index contributed by atoms with van der Waals surface area (Å²) in [5.74, 6) is -1.09. The average Bonchev–Trinajstić information content (AvgIpc) is 2.74. The van der Waals surface area contributed by atoms with Crippen LogP contribution in [0.15, 0.2) is 23.1 Å². The molecule has 0 aromatic heterocycles. The Labute approximate surface area is 131 Å². The lowest BCUT2D eigenvalue weighted by atomic mass is 10.1. The molecule has 0 atom stereocenters. The van der Waals surface area contributed by atoms with Gasteiger partial charge in [-0.3, -0.25) is 0 Å². The SMILES string of the molecule is CCc1ccc(S(=O)(=O)NC2CCCCCC2)cc1C(=O)O. The van der Waals surface area contributed by atoms with E-state index >= 15 is 0 Å². The maximum atomic E-state index is 12.5. The molecule has 0 heterocycles. The van der Waals surface area contributed by atoms with E-state index < -0.39 is 16.0 Å². The molecule has 1 aromatic rings. The van der Waals surface area contributed by atoms with Gasteiger partial charge in [-0.15, -0.1) is 0 Å². The van der Waals surface area contributed by atoms with E-state index in [4.69, 9.17) is 0 Å². The maximum absolute atomic E-state index is 12.5. The molecule has 6 heteroatoms. The molecule has 2 N–H and O–H groups in total. The van der Waals surface area contributed by atoms with E-state index in [2.05, 4.69) is 4.72 Å². The Kier molecular flexibility index (Phi) is 5.58. The molecule has 122 valence electrons. The molecule has 2 rings (SSSR count). The summed E-state index contributed by atoms with van der Waals surface area (Å²) in [5.41, 5.74) is 0.701. The minimum Gasteiger partial charge on any atom is -0.478 e. The van der Waals surface area contributed by atoms with Crippen LogP contribution in [0.3, 0.4) is 0 Å². The van der Waals surface area contributed by atoms with Gasteiger partial charge >= 0.3 is 5.97 Å². The van der Waals surface area contributed by atoms with E-state index in [1.54, 1.807) is 6.07 Å². The van der Waals surface area contributed by atoms with Crippen molar-refractivity contribution in [2.75, 3.05) is 0 Å². The molecular weight excluding hydrogens is 302 g/mol. The summed E-state index contributed by atoms with van der Waals surface area (Å²) in [4.78, 5) is 11.3. The first-order chi connectivity index (χ1) is 10.4. The van der Waals surface area contributed by atoms with Crippen LogP contribution >= 0.6 is 0 Å². The first kappa shape index (κ1) is 17.0. The van der Waals surface area contributed by atoms with Crippen LogP contribution in [0.25, 0.3) is 0 Å². The number of hydrogen-bond donors (Lipinski definition) is 2. The molecule has 1 saturated carbocycles. The number of carbonyl (C=O) groups is 1. The number of carboxylic acids is 1. The van der Waals surface area contributed by atoms with Crippen molar-refractivity contribution < 1.29 is 18.3 Å². The molecule has 1 fully saturated rings. The highest BCUT2D eigenvalue weighted by molar-refractivity contribution is 7.89. The van der Waals surface area contributed by atoms with E-state index in [0.29, 0.717) is 12.0 Å².